The normalized spacial score (nSPS) is 34.7. The molecular weight excluding hydrogens is 873 g/mol. The summed E-state index contributed by atoms with van der Waals surface area (Å²) in [6.07, 6.45) is 0.753. The van der Waals surface area contributed by atoms with Crippen molar-refractivity contribution >= 4 is 28.0 Å². The monoisotopic (exact) mass is 934 g/mol. The highest BCUT2D eigenvalue weighted by molar-refractivity contribution is 7.86. The first kappa shape index (κ1) is 47.2. The molecule has 13 heteroatoms. The lowest BCUT2D eigenvalue weighted by Crippen LogP contribution is -2.63. The highest BCUT2D eigenvalue weighted by atomic mass is 32.2. The topological polar surface area (TPSA) is 161 Å². The number of benzene rings is 4. The van der Waals surface area contributed by atoms with Crippen LogP contribution in [-0.2, 0) is 38.0 Å². The minimum atomic E-state index is -3.95. The number of rotatable bonds is 12. The minimum Gasteiger partial charge on any atom is -0.452 e. The van der Waals surface area contributed by atoms with E-state index in [1.807, 2.05) is 6.92 Å². The van der Waals surface area contributed by atoms with Crippen molar-refractivity contribution in [1.29, 1.82) is 0 Å². The maximum Gasteiger partial charge on any atom is 0.338 e. The zero-order valence-electron chi connectivity index (χ0n) is 38.7. The first-order valence-corrected chi connectivity index (χ1v) is 25.3. The van der Waals surface area contributed by atoms with E-state index in [2.05, 4.69) is 13.8 Å². The highest BCUT2D eigenvalue weighted by Crippen LogP contribution is 2.69. The van der Waals surface area contributed by atoms with E-state index >= 15 is 0 Å². The minimum absolute atomic E-state index is 0.0390. The lowest BCUT2D eigenvalue weighted by atomic mass is 9.43. The van der Waals surface area contributed by atoms with Gasteiger partial charge in [-0.25, -0.2) is 14.4 Å². The Morgan fingerprint density at radius 2 is 1.21 bits per heavy atom. The molecule has 13 atom stereocenters. The van der Waals surface area contributed by atoms with Gasteiger partial charge in [0.2, 0.25) is 0 Å². The summed E-state index contributed by atoms with van der Waals surface area (Å²) in [5.41, 5.74) is 0.265. The van der Waals surface area contributed by atoms with Crippen molar-refractivity contribution in [3.8, 4) is 0 Å². The van der Waals surface area contributed by atoms with Crippen LogP contribution in [0.4, 0.5) is 0 Å². The molecule has 5 fully saturated rings. The lowest BCUT2D eigenvalue weighted by molar-refractivity contribution is -0.308. The van der Waals surface area contributed by atoms with Gasteiger partial charge in [0.1, 0.15) is 0 Å². The van der Waals surface area contributed by atoms with Crippen molar-refractivity contribution in [3.05, 3.63) is 138 Å². The standard InChI is InChI=1S/C54H62O12S/c1-34-20-23-42(24-21-34)67(59,60)61-33-40-26-31-54(58)44-25-22-39-32-41(27-29-52(39,3)43(44)28-30-53(40,54)4)63-51-47(66-50(57)38-18-12-7-13-19-38)46(65-49(56)37-16-10-6-11-17-37)45(35(2)62-51)64-48(55)36-14-8-5-9-15-36/h5-21,23-24,35,39-41,43-47,51,58H,22,25-33H2,1-4H3/t35-,39+,40+,41-,43-,44+,45-,46+,47+,51-,52-,53+,54-/m0/s1. The Morgan fingerprint density at radius 1 is 0.657 bits per heavy atom. The molecule has 1 heterocycles. The van der Waals surface area contributed by atoms with Gasteiger partial charge in [-0.2, -0.15) is 8.42 Å². The second kappa shape index (κ2) is 18.9. The summed E-state index contributed by atoms with van der Waals surface area (Å²) >= 11 is 0. The van der Waals surface area contributed by atoms with Crippen LogP contribution in [0.2, 0.25) is 0 Å². The first-order chi connectivity index (χ1) is 32.1. The summed E-state index contributed by atoms with van der Waals surface area (Å²) in [4.78, 5) is 41.5. The Bertz CT molecular complexity index is 2500. The maximum absolute atomic E-state index is 13.9. The third kappa shape index (κ3) is 9.10. The molecule has 4 aromatic rings. The van der Waals surface area contributed by atoms with E-state index < -0.39 is 69.7 Å². The summed E-state index contributed by atoms with van der Waals surface area (Å²) in [6, 6.07) is 32.1. The van der Waals surface area contributed by atoms with Gasteiger partial charge >= 0.3 is 17.9 Å². The Hall–Kier alpha value is -4.92. The molecule has 9 rings (SSSR count). The van der Waals surface area contributed by atoms with Gasteiger partial charge in [0.25, 0.3) is 10.1 Å². The van der Waals surface area contributed by atoms with Crippen LogP contribution in [0.5, 0.6) is 0 Å². The SMILES string of the molecule is Cc1ccc(S(=O)(=O)OC[C@H]2CC[C@]3(O)[C@@H]4CC[C@@H]5C[C@@H](O[C@@H]6O[C@@H](C)[C@H](OC(=O)c7ccccc7)[C@@H](OC(=O)c7ccccc7)[C@H]6OC(=O)c6ccccc6)CC[C@]5(C)[C@H]4CC[C@]23C)cc1. The summed E-state index contributed by atoms with van der Waals surface area (Å²) in [6.45, 7) is 8.18. The van der Waals surface area contributed by atoms with E-state index in [4.69, 9.17) is 27.9 Å². The van der Waals surface area contributed by atoms with Crippen LogP contribution in [0.25, 0.3) is 0 Å². The van der Waals surface area contributed by atoms with Crippen molar-refractivity contribution in [2.24, 2.45) is 34.5 Å². The number of hydrogen-bond donors (Lipinski definition) is 1. The number of hydrogen-bond acceptors (Lipinski definition) is 12. The van der Waals surface area contributed by atoms with Gasteiger partial charge < -0.3 is 28.8 Å². The van der Waals surface area contributed by atoms with E-state index in [0.717, 1.165) is 37.7 Å². The lowest BCUT2D eigenvalue weighted by Gasteiger charge is -2.63. The van der Waals surface area contributed by atoms with Crippen LogP contribution in [0.15, 0.2) is 120 Å². The quantitative estimate of drug-likeness (QED) is 0.0622. The number of aryl methyl sites for hydroxylation is 1. The van der Waals surface area contributed by atoms with Crippen LogP contribution >= 0.6 is 0 Å². The summed E-state index contributed by atoms with van der Waals surface area (Å²) in [5, 5.41) is 12.8. The molecule has 0 unspecified atom stereocenters. The molecule has 4 aromatic carbocycles. The third-order valence-electron chi connectivity index (χ3n) is 16.5. The predicted molar refractivity (Wildman–Crippen MR) is 247 cm³/mol. The van der Waals surface area contributed by atoms with Crippen LogP contribution in [0.3, 0.4) is 0 Å². The number of ether oxygens (including phenoxy) is 5. The van der Waals surface area contributed by atoms with E-state index in [1.54, 1.807) is 122 Å². The van der Waals surface area contributed by atoms with Crippen molar-refractivity contribution in [2.45, 2.75) is 133 Å². The van der Waals surface area contributed by atoms with Gasteiger partial charge in [-0.1, -0.05) is 86.1 Å². The fraction of sp³-hybridized carbons (Fsp3) is 0.500. The summed E-state index contributed by atoms with van der Waals surface area (Å²) < 4.78 is 64.2. The van der Waals surface area contributed by atoms with E-state index in [9.17, 15) is 27.9 Å². The number of carbonyl (C=O) groups excluding carboxylic acids is 3. The second-order valence-corrected chi connectivity index (χ2v) is 21.7. The van der Waals surface area contributed by atoms with Crippen LogP contribution in [-0.4, -0.2) is 80.5 Å². The molecule has 1 aliphatic heterocycles. The Kier molecular flexibility index (Phi) is 13.3. The van der Waals surface area contributed by atoms with Crippen molar-refractivity contribution in [3.63, 3.8) is 0 Å². The van der Waals surface area contributed by atoms with Gasteiger partial charge in [0.05, 0.1) is 46.0 Å². The molecule has 0 spiro atoms. The summed E-state index contributed by atoms with van der Waals surface area (Å²) in [7, 11) is -3.95. The maximum atomic E-state index is 13.9. The fourth-order valence-corrected chi connectivity index (χ4v) is 13.6. The largest absolute Gasteiger partial charge is 0.452 e. The molecule has 5 aliphatic rings. The van der Waals surface area contributed by atoms with Gasteiger partial charge in [0.15, 0.2) is 24.6 Å². The third-order valence-corrected chi connectivity index (χ3v) is 17.8. The molecule has 4 saturated carbocycles. The van der Waals surface area contributed by atoms with Gasteiger partial charge in [-0.3, -0.25) is 4.18 Å². The van der Waals surface area contributed by atoms with Crippen molar-refractivity contribution in [2.75, 3.05) is 6.61 Å². The van der Waals surface area contributed by atoms with Crippen molar-refractivity contribution in [1.82, 2.24) is 0 Å². The zero-order valence-corrected chi connectivity index (χ0v) is 39.5. The number of fused-ring (bicyclic) bond motifs is 5. The van der Waals surface area contributed by atoms with Crippen LogP contribution < -0.4 is 0 Å². The Balaban J connectivity index is 0.930. The number of esters is 3. The zero-order chi connectivity index (χ0) is 47.1. The second-order valence-electron chi connectivity index (χ2n) is 20.1. The van der Waals surface area contributed by atoms with E-state index in [0.29, 0.717) is 31.2 Å². The number of carbonyl (C=O) groups is 3. The molecule has 0 aromatic heterocycles. The molecule has 356 valence electrons. The smallest absolute Gasteiger partial charge is 0.338 e. The number of aliphatic hydroxyl groups is 1. The highest BCUT2D eigenvalue weighted by Gasteiger charge is 2.67. The van der Waals surface area contributed by atoms with Crippen molar-refractivity contribution < 1.29 is 55.8 Å². The molecule has 0 amide bonds. The molecule has 4 aliphatic carbocycles. The summed E-state index contributed by atoms with van der Waals surface area (Å²) in [5.74, 6) is -1.56. The van der Waals surface area contributed by atoms with Gasteiger partial charge in [0, 0.05) is 5.41 Å². The van der Waals surface area contributed by atoms with Gasteiger partial charge in [-0.15, -0.1) is 0 Å². The van der Waals surface area contributed by atoms with Crippen LogP contribution in [0, 0.1) is 41.4 Å². The van der Waals surface area contributed by atoms with E-state index in [-0.39, 0.29) is 57.8 Å². The molecule has 12 nitrogen and oxygen atoms in total. The van der Waals surface area contributed by atoms with Crippen LogP contribution in [0.1, 0.15) is 115 Å². The average molecular weight is 935 g/mol. The fourth-order valence-electron chi connectivity index (χ4n) is 12.6. The molecule has 0 radical (unpaired) electrons. The average Bonchev–Trinajstić information content (AvgIpc) is 3.61. The Labute approximate surface area is 393 Å². The molecule has 1 saturated heterocycles. The van der Waals surface area contributed by atoms with Gasteiger partial charge in [-0.05, 0) is 149 Å². The van der Waals surface area contributed by atoms with E-state index in [1.165, 1.54) is 0 Å². The molecule has 67 heavy (non-hydrogen) atoms. The molecular formula is C54H62O12S. The molecule has 0 bridgehead atoms. The molecule has 1 N–H and O–H groups in total. The predicted octanol–water partition coefficient (Wildman–Crippen LogP) is 9.28. The first-order valence-electron chi connectivity index (χ1n) is 23.9. The Morgan fingerprint density at radius 3 is 1.79 bits per heavy atom.